The molecule has 4 aromatic carbocycles. The van der Waals surface area contributed by atoms with E-state index in [0.29, 0.717) is 5.04 Å². The van der Waals surface area contributed by atoms with Crippen LogP contribution in [-0.4, -0.2) is 17.6 Å². The van der Waals surface area contributed by atoms with Gasteiger partial charge in [-0.1, -0.05) is 120 Å². The van der Waals surface area contributed by atoms with Crippen LogP contribution in [0.15, 0.2) is 116 Å². The number of thioether (sulfide) groups is 2. The van der Waals surface area contributed by atoms with Crippen LogP contribution in [0.3, 0.4) is 0 Å². The molecule has 1 atom stereocenters. The highest BCUT2D eigenvalue weighted by Gasteiger charge is 2.62. The Balaban J connectivity index is 1.62. The van der Waals surface area contributed by atoms with Crippen molar-refractivity contribution in [3.8, 4) is 0 Å². The number of fused-ring (bicyclic) bond motifs is 2. The number of benzene rings is 4. The zero-order valence-electron chi connectivity index (χ0n) is 20.6. The fourth-order valence-corrected chi connectivity index (χ4v) is 9.37. The van der Waals surface area contributed by atoms with E-state index in [0.717, 1.165) is 41.4 Å². The predicted octanol–water partition coefficient (Wildman–Crippen LogP) is 9.25. The van der Waals surface area contributed by atoms with Gasteiger partial charge in [0.2, 0.25) is 5.04 Å². The summed E-state index contributed by atoms with van der Waals surface area (Å²) in [4.78, 5) is 13.1. The van der Waals surface area contributed by atoms with Crippen LogP contribution in [-0.2, 0) is 18.5 Å². The molecule has 0 radical (unpaired) electrons. The fourth-order valence-electron chi connectivity index (χ4n) is 5.02. The Morgan fingerprint density at radius 3 is 1.85 bits per heavy atom. The Morgan fingerprint density at radius 2 is 1.31 bits per heavy atom. The number of rotatable bonds is 5. The molecular weight excluding hydrogens is 724 g/mol. The molecule has 0 fully saturated rings. The quantitative estimate of drug-likeness (QED) is 0.191. The summed E-state index contributed by atoms with van der Waals surface area (Å²) < 4.78 is 7.10. The van der Waals surface area contributed by atoms with Gasteiger partial charge in [0.1, 0.15) is 0 Å². The van der Waals surface area contributed by atoms with E-state index < -0.39 is 14.9 Å². The Hall–Kier alpha value is -2.04. The Morgan fingerprint density at radius 1 is 0.795 bits per heavy atom. The van der Waals surface area contributed by atoms with E-state index in [-0.39, 0.29) is 6.61 Å². The fraction of sp³-hybridized carbons (Fsp3) is 0.133. The molecule has 196 valence electrons. The molecule has 1 spiro atoms. The first kappa shape index (κ1) is 27.1. The van der Waals surface area contributed by atoms with Gasteiger partial charge in [-0.15, -0.1) is 0 Å². The normalized spacial score (nSPS) is 19.2. The van der Waals surface area contributed by atoms with Crippen LogP contribution in [0.25, 0.3) is 0 Å². The van der Waals surface area contributed by atoms with E-state index in [1.165, 1.54) is 11.8 Å². The van der Waals surface area contributed by atoms with E-state index in [2.05, 4.69) is 121 Å². The van der Waals surface area contributed by atoms with E-state index in [1.54, 1.807) is 11.8 Å². The lowest BCUT2D eigenvalue weighted by Gasteiger charge is -2.37. The molecule has 0 unspecified atom stereocenters. The first-order valence-electron chi connectivity index (χ1n) is 12.2. The summed E-state index contributed by atoms with van der Waals surface area (Å²) in [5, 5.41) is 7.23. The van der Waals surface area contributed by atoms with Gasteiger partial charge in [-0.2, -0.15) is 5.10 Å². The van der Waals surface area contributed by atoms with Gasteiger partial charge in [-0.05, 0) is 72.1 Å². The van der Waals surface area contributed by atoms with E-state index in [9.17, 15) is 4.79 Å². The summed E-state index contributed by atoms with van der Waals surface area (Å²) in [5.41, 5.74) is 5.42. The summed E-state index contributed by atoms with van der Waals surface area (Å²) >= 11 is 14.0. The minimum absolute atomic E-state index is 0.287. The molecule has 2 aliphatic heterocycles. The smallest absolute Gasteiger partial charge is 0.365 e. The second-order valence-electron chi connectivity index (χ2n) is 8.94. The van der Waals surface area contributed by atoms with Crippen LogP contribution >= 0.6 is 71.3 Å². The largest absolute Gasteiger partial charge is 0.461 e. The number of hydrogen-bond donors (Lipinski definition) is 0. The predicted molar refractivity (Wildman–Crippen MR) is 172 cm³/mol. The maximum atomic E-state index is 13.1. The Kier molecular flexibility index (Phi) is 7.48. The number of carbonyl (C=O) groups is 1. The van der Waals surface area contributed by atoms with Gasteiger partial charge in [0, 0.05) is 19.0 Å². The molecule has 4 nitrogen and oxygen atoms in total. The Labute approximate surface area is 261 Å². The van der Waals surface area contributed by atoms with Crippen molar-refractivity contribution in [2.24, 2.45) is 5.10 Å². The van der Waals surface area contributed by atoms with Crippen molar-refractivity contribution in [3.05, 3.63) is 133 Å². The van der Waals surface area contributed by atoms with Crippen molar-refractivity contribution in [1.82, 2.24) is 0 Å². The number of nitrogens with zero attached hydrogens (tertiary/aromatic N) is 2. The van der Waals surface area contributed by atoms with Crippen LogP contribution in [0.2, 0.25) is 0 Å². The monoisotopic (exact) mass is 742 g/mol. The molecule has 0 saturated carbocycles. The lowest BCUT2D eigenvalue weighted by molar-refractivity contribution is -0.134. The van der Waals surface area contributed by atoms with Crippen molar-refractivity contribution < 1.29 is 9.53 Å². The van der Waals surface area contributed by atoms with Crippen LogP contribution in [0.5, 0.6) is 0 Å². The number of halogens is 3. The van der Waals surface area contributed by atoms with Crippen molar-refractivity contribution in [2.75, 3.05) is 11.6 Å². The summed E-state index contributed by atoms with van der Waals surface area (Å²) in [6.45, 7) is 2.10. The molecular formula is C30H21Br3N2O2S2. The minimum Gasteiger partial charge on any atom is -0.461 e. The lowest BCUT2D eigenvalue weighted by atomic mass is 9.82. The van der Waals surface area contributed by atoms with Crippen molar-refractivity contribution in [1.29, 1.82) is 0 Å². The van der Waals surface area contributed by atoms with Crippen molar-refractivity contribution >= 4 is 88.0 Å². The van der Waals surface area contributed by atoms with Crippen LogP contribution in [0.1, 0.15) is 29.2 Å². The van der Waals surface area contributed by atoms with Crippen LogP contribution < -0.4 is 5.01 Å². The van der Waals surface area contributed by atoms with E-state index in [4.69, 9.17) is 9.84 Å². The lowest BCUT2D eigenvalue weighted by Crippen LogP contribution is -2.34. The summed E-state index contributed by atoms with van der Waals surface area (Å²) in [6, 6.07) is 33.5. The Bertz CT molecular complexity index is 1530. The molecule has 2 aliphatic rings. The van der Waals surface area contributed by atoms with Crippen LogP contribution in [0.4, 0.5) is 5.69 Å². The molecule has 0 N–H and O–H groups in total. The SMILES string of the molecule is CCOC(=O)C1=NN(c2ccc(Br)cc2)[C@@]2(S1)SC(c1ccc(Br)cc1)(c1ccc(Br)cc1)c1ccccc12. The molecule has 0 aromatic heterocycles. The number of hydrogen-bond acceptors (Lipinski definition) is 6. The second-order valence-corrected chi connectivity index (χ2v) is 14.5. The van der Waals surface area contributed by atoms with Crippen molar-refractivity contribution in [3.63, 3.8) is 0 Å². The summed E-state index contributed by atoms with van der Waals surface area (Å²) in [6.07, 6.45) is 0. The summed E-state index contributed by atoms with van der Waals surface area (Å²) in [5.74, 6) is -0.413. The first-order valence-corrected chi connectivity index (χ1v) is 16.2. The van der Waals surface area contributed by atoms with Gasteiger partial charge in [-0.25, -0.2) is 9.80 Å². The number of anilines is 1. The number of esters is 1. The first-order chi connectivity index (χ1) is 18.9. The minimum atomic E-state index is -0.757. The summed E-state index contributed by atoms with van der Waals surface area (Å²) in [7, 11) is 0. The molecule has 2 heterocycles. The third kappa shape index (κ3) is 4.60. The van der Waals surface area contributed by atoms with Gasteiger partial charge in [0.15, 0.2) is 4.20 Å². The number of ether oxygens (including phenoxy) is 1. The molecule has 9 heteroatoms. The highest BCUT2D eigenvalue weighted by Crippen LogP contribution is 2.71. The van der Waals surface area contributed by atoms with Crippen LogP contribution in [0, 0.1) is 0 Å². The van der Waals surface area contributed by atoms with Gasteiger partial charge < -0.3 is 4.74 Å². The van der Waals surface area contributed by atoms with Gasteiger partial charge in [-0.3, -0.25) is 0 Å². The number of carbonyl (C=O) groups excluding carboxylic acids is 1. The topological polar surface area (TPSA) is 41.9 Å². The maximum Gasteiger partial charge on any atom is 0.365 e. The molecule has 0 saturated heterocycles. The molecule has 39 heavy (non-hydrogen) atoms. The maximum absolute atomic E-state index is 13.1. The second kappa shape index (κ2) is 10.7. The average Bonchev–Trinajstić information content (AvgIpc) is 3.47. The highest BCUT2D eigenvalue weighted by molar-refractivity contribution is 9.11. The average molecular weight is 745 g/mol. The third-order valence-electron chi connectivity index (χ3n) is 6.67. The zero-order valence-corrected chi connectivity index (χ0v) is 27.0. The van der Waals surface area contributed by atoms with Gasteiger partial charge in [0.25, 0.3) is 0 Å². The molecule has 0 bridgehead atoms. The van der Waals surface area contributed by atoms with Gasteiger partial charge >= 0.3 is 5.97 Å². The van der Waals surface area contributed by atoms with E-state index >= 15 is 0 Å². The number of hydrazone groups is 1. The zero-order chi connectivity index (χ0) is 27.2. The third-order valence-corrected chi connectivity index (χ3v) is 11.5. The van der Waals surface area contributed by atoms with Gasteiger partial charge in [0.05, 0.1) is 17.0 Å². The molecule has 0 aliphatic carbocycles. The standard InChI is InChI=1S/C30H21Br3N2O2S2/c1-2-37-28(36)27-34-35(24-17-15-23(33)16-18-24)30(38-27)26-6-4-3-5-25(26)29(39-30,19-7-11-21(31)12-8-19)20-9-13-22(32)14-10-20/h3-18H,2H2,1H3/t30-/m0/s1. The van der Waals surface area contributed by atoms with Crippen molar-refractivity contribution in [2.45, 2.75) is 15.9 Å². The highest BCUT2D eigenvalue weighted by atomic mass is 79.9. The van der Waals surface area contributed by atoms with E-state index in [1.807, 2.05) is 36.2 Å². The molecule has 0 amide bonds. The molecule has 4 aromatic rings. The molecule has 6 rings (SSSR count).